The van der Waals surface area contributed by atoms with E-state index in [0.29, 0.717) is 29.0 Å². The van der Waals surface area contributed by atoms with Crippen LogP contribution in [-0.2, 0) is 19.1 Å². The molecular weight excluding hydrogens is 478 g/mol. The second kappa shape index (κ2) is 9.49. The van der Waals surface area contributed by atoms with Crippen LogP contribution in [0, 0.1) is 23.7 Å². The second-order valence-electron chi connectivity index (χ2n) is 11.1. The average molecular weight is 514 g/mol. The van der Waals surface area contributed by atoms with Crippen molar-refractivity contribution in [2.75, 3.05) is 5.32 Å². The lowest BCUT2D eigenvalue weighted by Gasteiger charge is -2.39. The van der Waals surface area contributed by atoms with Crippen molar-refractivity contribution in [3.63, 3.8) is 0 Å². The Bertz CT molecular complexity index is 1090. The van der Waals surface area contributed by atoms with E-state index in [1.807, 2.05) is 26.0 Å². The third kappa shape index (κ3) is 3.95. The van der Waals surface area contributed by atoms with Gasteiger partial charge >= 0.3 is 0 Å². The fourth-order valence-corrected chi connectivity index (χ4v) is 6.91. The molecule has 8 heteroatoms. The highest BCUT2D eigenvalue weighted by atomic mass is 35.5. The molecule has 1 aromatic carbocycles. The van der Waals surface area contributed by atoms with Crippen LogP contribution in [-0.4, -0.2) is 52.5 Å². The zero-order valence-corrected chi connectivity index (χ0v) is 22.1. The number of nitrogens with zero attached hydrogens (tertiary/aromatic N) is 1. The number of likely N-dealkylation sites (tertiary alicyclic amines) is 1. The van der Waals surface area contributed by atoms with Gasteiger partial charge in [0.1, 0.15) is 11.6 Å². The van der Waals surface area contributed by atoms with E-state index in [2.05, 4.69) is 24.5 Å². The van der Waals surface area contributed by atoms with Gasteiger partial charge < -0.3 is 20.3 Å². The Kier molecular flexibility index (Phi) is 6.66. The molecule has 0 radical (unpaired) electrons. The van der Waals surface area contributed by atoms with Crippen molar-refractivity contribution in [3.05, 3.63) is 41.4 Å². The smallest absolute Gasteiger partial charge is 0.246 e. The van der Waals surface area contributed by atoms with E-state index in [9.17, 15) is 14.4 Å². The molecule has 194 valence electrons. The van der Waals surface area contributed by atoms with E-state index in [-0.39, 0.29) is 29.8 Å². The summed E-state index contributed by atoms with van der Waals surface area (Å²) in [6.45, 7) is 8.38. The highest BCUT2D eigenvalue weighted by Crippen LogP contribution is 2.56. The van der Waals surface area contributed by atoms with E-state index in [1.165, 1.54) is 0 Å². The maximum absolute atomic E-state index is 13.9. The van der Waals surface area contributed by atoms with Crippen LogP contribution in [0.4, 0.5) is 5.69 Å². The molecular formula is C28H36ClN3O4. The number of benzene rings is 1. The quantitative estimate of drug-likeness (QED) is 0.559. The van der Waals surface area contributed by atoms with Gasteiger partial charge in [-0.15, -0.1) is 0 Å². The van der Waals surface area contributed by atoms with Gasteiger partial charge in [-0.1, -0.05) is 63.4 Å². The summed E-state index contributed by atoms with van der Waals surface area (Å²) in [5, 5.41) is 6.71. The van der Waals surface area contributed by atoms with Crippen molar-refractivity contribution in [3.8, 4) is 0 Å². The standard InChI is InChI=1S/C28H36ClN3O4/c1-5-16(3)32-24(26(34)31-20-11-6-8-15(2)17(20)4)28-13-12-21(36-28)22(23(28)27(32)35)25(33)30-19-10-7-9-18(29)14-19/h7,9-10,12-17,20-24H,5-6,8,11H2,1-4H3,(H,30,33)(H,31,34)/t15-,16-,17+,20+,21+,22+,23+,24-,28-/m0/s1. The first kappa shape index (κ1) is 25.3. The molecule has 5 rings (SSSR count). The number of fused-ring (bicyclic) bond motifs is 1. The molecule has 1 saturated carbocycles. The minimum atomic E-state index is -1.14. The minimum Gasteiger partial charge on any atom is -0.359 e. The Morgan fingerprint density at radius 1 is 1.25 bits per heavy atom. The van der Waals surface area contributed by atoms with Crippen LogP contribution in [0.25, 0.3) is 0 Å². The fraction of sp³-hybridized carbons (Fsp3) is 0.607. The maximum Gasteiger partial charge on any atom is 0.246 e. The lowest BCUT2D eigenvalue weighted by Crippen LogP contribution is -2.59. The minimum absolute atomic E-state index is 0.0649. The van der Waals surface area contributed by atoms with Gasteiger partial charge in [-0.05, 0) is 49.8 Å². The van der Waals surface area contributed by atoms with E-state index >= 15 is 0 Å². The van der Waals surface area contributed by atoms with Crippen LogP contribution >= 0.6 is 11.6 Å². The third-order valence-corrected chi connectivity index (χ3v) is 9.29. The Labute approximate surface area is 218 Å². The average Bonchev–Trinajstić information content (AvgIpc) is 3.49. The molecule has 2 saturated heterocycles. The number of rotatable bonds is 6. The van der Waals surface area contributed by atoms with E-state index < -0.39 is 29.6 Å². The van der Waals surface area contributed by atoms with Crippen LogP contribution < -0.4 is 10.6 Å². The molecule has 3 heterocycles. The predicted molar refractivity (Wildman–Crippen MR) is 138 cm³/mol. The van der Waals surface area contributed by atoms with Gasteiger partial charge in [0.05, 0.1) is 17.9 Å². The van der Waals surface area contributed by atoms with E-state index in [0.717, 1.165) is 19.3 Å². The Morgan fingerprint density at radius 2 is 2.03 bits per heavy atom. The molecule has 0 unspecified atom stereocenters. The van der Waals surface area contributed by atoms with Crippen molar-refractivity contribution in [2.24, 2.45) is 23.7 Å². The number of hydrogen-bond donors (Lipinski definition) is 2. The molecule has 1 spiro atoms. The van der Waals surface area contributed by atoms with Crippen LogP contribution in [0.1, 0.15) is 53.4 Å². The second-order valence-corrected chi connectivity index (χ2v) is 11.5. The van der Waals surface area contributed by atoms with Gasteiger partial charge in [-0.3, -0.25) is 14.4 Å². The number of amides is 3. The number of halogens is 1. The molecule has 2 bridgehead atoms. The first-order chi connectivity index (χ1) is 17.2. The molecule has 1 aliphatic carbocycles. The Hall–Kier alpha value is -2.38. The number of carbonyl (C=O) groups excluding carboxylic acids is 3. The first-order valence-electron chi connectivity index (χ1n) is 13.2. The molecule has 2 N–H and O–H groups in total. The summed E-state index contributed by atoms with van der Waals surface area (Å²) < 4.78 is 6.42. The fourth-order valence-electron chi connectivity index (χ4n) is 6.72. The summed E-state index contributed by atoms with van der Waals surface area (Å²) in [7, 11) is 0. The van der Waals surface area contributed by atoms with Gasteiger partial charge in [-0.2, -0.15) is 0 Å². The number of carbonyl (C=O) groups is 3. The summed E-state index contributed by atoms with van der Waals surface area (Å²) in [5.74, 6) is -1.25. The summed E-state index contributed by atoms with van der Waals surface area (Å²) in [6, 6.07) is 6.02. The molecule has 3 fully saturated rings. The lowest BCUT2D eigenvalue weighted by molar-refractivity contribution is -0.144. The summed E-state index contributed by atoms with van der Waals surface area (Å²) in [4.78, 5) is 43.0. The van der Waals surface area contributed by atoms with Crippen LogP contribution in [0.3, 0.4) is 0 Å². The summed E-state index contributed by atoms with van der Waals surface area (Å²) in [6.07, 6.45) is 7.02. The number of nitrogens with one attached hydrogen (secondary N) is 2. The van der Waals surface area contributed by atoms with Crippen molar-refractivity contribution >= 4 is 35.0 Å². The molecule has 1 aromatic rings. The normalized spacial score (nSPS) is 37.6. The molecule has 7 nitrogen and oxygen atoms in total. The van der Waals surface area contributed by atoms with Crippen molar-refractivity contribution in [2.45, 2.75) is 83.2 Å². The number of ether oxygens (including phenoxy) is 1. The number of hydrogen-bond acceptors (Lipinski definition) is 4. The monoisotopic (exact) mass is 513 g/mol. The van der Waals surface area contributed by atoms with Crippen LogP contribution in [0.5, 0.6) is 0 Å². The van der Waals surface area contributed by atoms with Crippen LogP contribution in [0.15, 0.2) is 36.4 Å². The summed E-state index contributed by atoms with van der Waals surface area (Å²) >= 11 is 6.09. The van der Waals surface area contributed by atoms with Gasteiger partial charge in [0.25, 0.3) is 0 Å². The predicted octanol–water partition coefficient (Wildman–Crippen LogP) is 4.17. The van der Waals surface area contributed by atoms with Crippen LogP contribution in [0.2, 0.25) is 5.02 Å². The van der Waals surface area contributed by atoms with Crippen molar-refractivity contribution in [1.29, 1.82) is 0 Å². The van der Waals surface area contributed by atoms with Crippen molar-refractivity contribution < 1.29 is 19.1 Å². The molecule has 9 atom stereocenters. The topological polar surface area (TPSA) is 87.7 Å². The van der Waals surface area contributed by atoms with Gasteiger partial charge in [0.15, 0.2) is 0 Å². The van der Waals surface area contributed by atoms with E-state index in [1.54, 1.807) is 29.2 Å². The molecule has 3 aliphatic heterocycles. The molecule has 36 heavy (non-hydrogen) atoms. The largest absolute Gasteiger partial charge is 0.359 e. The highest BCUT2D eigenvalue weighted by molar-refractivity contribution is 6.30. The Morgan fingerprint density at radius 3 is 2.75 bits per heavy atom. The number of anilines is 1. The SMILES string of the molecule is CC[C@H](C)N1C(=O)[C@H]2[C@H](C(=O)Nc3cccc(Cl)c3)[C@H]3C=C[C@@]2(O3)[C@@H]1C(=O)N[C@@H]1CCC[C@H](C)[C@H]1C. The Balaban J connectivity index is 1.45. The zero-order valence-electron chi connectivity index (χ0n) is 21.4. The highest BCUT2D eigenvalue weighted by Gasteiger charge is 2.73. The van der Waals surface area contributed by atoms with Gasteiger partial charge in [0, 0.05) is 22.8 Å². The van der Waals surface area contributed by atoms with Crippen molar-refractivity contribution in [1.82, 2.24) is 10.2 Å². The maximum atomic E-state index is 13.9. The van der Waals surface area contributed by atoms with E-state index in [4.69, 9.17) is 16.3 Å². The van der Waals surface area contributed by atoms with Gasteiger partial charge in [-0.25, -0.2) is 0 Å². The lowest BCUT2D eigenvalue weighted by atomic mass is 9.73. The van der Waals surface area contributed by atoms with Gasteiger partial charge in [0.2, 0.25) is 17.7 Å². The molecule has 0 aromatic heterocycles. The third-order valence-electron chi connectivity index (χ3n) is 9.06. The zero-order chi connectivity index (χ0) is 25.8. The molecule has 3 amide bonds. The first-order valence-corrected chi connectivity index (χ1v) is 13.6. The molecule has 4 aliphatic rings. The summed E-state index contributed by atoms with van der Waals surface area (Å²) in [5.41, 5.74) is -0.581.